The number of nitrogens with zero attached hydrogens (tertiary/aromatic N) is 2. The van der Waals surface area contributed by atoms with E-state index < -0.39 is 5.91 Å². The maximum Gasteiger partial charge on any atom is 0.275 e. The number of amides is 1. The number of phenols is 1. The number of nitrogens with one attached hydrogen (secondary N) is 1. The molecule has 0 unspecified atom stereocenters. The summed E-state index contributed by atoms with van der Waals surface area (Å²) in [5.41, 5.74) is 2.27. The van der Waals surface area contributed by atoms with Crippen LogP contribution >= 0.6 is 0 Å². The third kappa shape index (κ3) is 3.56. The smallest absolute Gasteiger partial charge is 0.275 e. The van der Waals surface area contributed by atoms with Crippen LogP contribution in [0.4, 0.5) is 5.69 Å². The maximum absolute atomic E-state index is 12.1. The van der Waals surface area contributed by atoms with Crippen molar-refractivity contribution in [3.63, 3.8) is 0 Å². The Hall–Kier alpha value is -2.43. The first kappa shape index (κ1) is 15.0. The number of carbonyl (C=O) groups is 1. The van der Waals surface area contributed by atoms with E-state index in [2.05, 4.69) is 36.1 Å². The highest BCUT2D eigenvalue weighted by molar-refractivity contribution is 6.03. The highest BCUT2D eigenvalue weighted by atomic mass is 16.3. The average molecular weight is 285 g/mol. The summed E-state index contributed by atoms with van der Waals surface area (Å²) in [7, 11) is 0. The number of hydrogen-bond acceptors (Lipinski definition) is 4. The van der Waals surface area contributed by atoms with Gasteiger partial charge in [-0.15, -0.1) is 0 Å². The van der Waals surface area contributed by atoms with Gasteiger partial charge in [-0.25, -0.2) is 4.98 Å². The lowest BCUT2D eigenvalue weighted by molar-refractivity contribution is 0.102. The average Bonchev–Trinajstić information content (AvgIpc) is 2.40. The fraction of sp³-hybridized carbons (Fsp3) is 0.312. The molecule has 1 amide bonds. The Bertz CT molecular complexity index is 658. The Kier molecular flexibility index (Phi) is 3.93. The third-order valence-electron chi connectivity index (χ3n) is 3.12. The molecule has 0 atom stereocenters. The predicted octanol–water partition coefficient (Wildman–Crippen LogP) is 3.04. The summed E-state index contributed by atoms with van der Waals surface area (Å²) in [5, 5.41) is 12.6. The molecule has 0 fully saturated rings. The van der Waals surface area contributed by atoms with Gasteiger partial charge in [0, 0.05) is 6.20 Å². The Morgan fingerprint density at radius 1 is 1.19 bits per heavy atom. The van der Waals surface area contributed by atoms with E-state index in [-0.39, 0.29) is 16.9 Å². The van der Waals surface area contributed by atoms with Crippen LogP contribution in [-0.2, 0) is 5.41 Å². The van der Waals surface area contributed by atoms with Gasteiger partial charge in [-0.3, -0.25) is 9.78 Å². The Labute approximate surface area is 124 Å². The van der Waals surface area contributed by atoms with Crippen LogP contribution in [0.3, 0.4) is 0 Å². The van der Waals surface area contributed by atoms with Gasteiger partial charge < -0.3 is 10.4 Å². The van der Waals surface area contributed by atoms with Gasteiger partial charge in [0.25, 0.3) is 5.91 Å². The molecule has 0 saturated carbocycles. The van der Waals surface area contributed by atoms with E-state index in [4.69, 9.17) is 0 Å². The lowest BCUT2D eigenvalue weighted by atomic mass is 9.87. The number of phenolic OH excluding ortho intramolecular Hbond substituents is 1. The minimum absolute atomic E-state index is 0.0245. The Morgan fingerprint density at radius 3 is 2.48 bits per heavy atom. The molecule has 21 heavy (non-hydrogen) atoms. The van der Waals surface area contributed by atoms with Gasteiger partial charge in [0.1, 0.15) is 11.4 Å². The van der Waals surface area contributed by atoms with Gasteiger partial charge in [0.05, 0.1) is 17.6 Å². The van der Waals surface area contributed by atoms with Crippen molar-refractivity contribution in [3.05, 3.63) is 47.5 Å². The molecule has 0 radical (unpaired) electrons. The molecule has 2 aromatic rings. The van der Waals surface area contributed by atoms with Gasteiger partial charge in [-0.2, -0.15) is 0 Å². The SMILES string of the molecule is Cc1cnc(C(=O)Nc2cc(C(C)(C)C)ccc2O)cn1. The summed E-state index contributed by atoms with van der Waals surface area (Å²) >= 11 is 0. The van der Waals surface area contributed by atoms with Crippen molar-refractivity contribution < 1.29 is 9.90 Å². The lowest BCUT2D eigenvalue weighted by Crippen LogP contribution is -2.16. The molecule has 110 valence electrons. The van der Waals surface area contributed by atoms with Crippen molar-refractivity contribution in [2.24, 2.45) is 0 Å². The quantitative estimate of drug-likeness (QED) is 0.832. The number of aromatic nitrogens is 2. The largest absolute Gasteiger partial charge is 0.506 e. The van der Waals surface area contributed by atoms with Crippen LogP contribution in [0.15, 0.2) is 30.6 Å². The number of aromatic hydroxyl groups is 1. The first-order valence-corrected chi connectivity index (χ1v) is 6.71. The number of hydrogen-bond donors (Lipinski definition) is 2. The van der Waals surface area contributed by atoms with Crippen molar-refractivity contribution in [1.29, 1.82) is 0 Å². The van der Waals surface area contributed by atoms with Crippen molar-refractivity contribution in [1.82, 2.24) is 9.97 Å². The number of benzene rings is 1. The van der Waals surface area contributed by atoms with E-state index in [0.717, 1.165) is 11.3 Å². The molecule has 5 heteroatoms. The predicted molar refractivity (Wildman–Crippen MR) is 81.5 cm³/mol. The zero-order valence-corrected chi connectivity index (χ0v) is 12.6. The standard InChI is InChI=1S/C16H19N3O2/c1-10-8-18-13(9-17-10)15(21)19-12-7-11(16(2,3)4)5-6-14(12)20/h5-9,20H,1-4H3,(H,19,21). The minimum atomic E-state index is -0.399. The van der Waals surface area contributed by atoms with Crippen molar-refractivity contribution in [2.75, 3.05) is 5.32 Å². The van der Waals surface area contributed by atoms with Crippen LogP contribution in [0.5, 0.6) is 5.75 Å². The van der Waals surface area contributed by atoms with Crippen LogP contribution in [-0.4, -0.2) is 21.0 Å². The minimum Gasteiger partial charge on any atom is -0.506 e. The summed E-state index contributed by atoms with van der Waals surface area (Å²) in [6, 6.07) is 5.20. The molecule has 1 aromatic carbocycles. The number of aryl methyl sites for hydroxylation is 1. The Balaban J connectivity index is 2.26. The molecule has 0 aliphatic rings. The summed E-state index contributed by atoms with van der Waals surface area (Å²) < 4.78 is 0. The van der Waals surface area contributed by atoms with Gasteiger partial charge in [-0.1, -0.05) is 26.8 Å². The molecule has 0 saturated heterocycles. The highest BCUT2D eigenvalue weighted by Gasteiger charge is 2.17. The van der Waals surface area contributed by atoms with E-state index in [1.165, 1.54) is 12.4 Å². The van der Waals surface area contributed by atoms with Crippen LogP contribution in [0.25, 0.3) is 0 Å². The molecule has 0 bridgehead atoms. The fourth-order valence-corrected chi connectivity index (χ4v) is 1.80. The second kappa shape index (κ2) is 5.52. The fourth-order valence-electron chi connectivity index (χ4n) is 1.80. The maximum atomic E-state index is 12.1. The van der Waals surface area contributed by atoms with E-state index >= 15 is 0 Å². The number of anilines is 1. The second-order valence-electron chi connectivity index (χ2n) is 5.98. The van der Waals surface area contributed by atoms with Crippen LogP contribution in [0.2, 0.25) is 0 Å². The zero-order valence-electron chi connectivity index (χ0n) is 12.6. The first-order chi connectivity index (χ1) is 9.77. The van der Waals surface area contributed by atoms with E-state index in [0.29, 0.717) is 5.69 Å². The molecule has 2 rings (SSSR count). The van der Waals surface area contributed by atoms with Crippen molar-refractivity contribution >= 4 is 11.6 Å². The summed E-state index contributed by atoms with van der Waals surface area (Å²) in [6.45, 7) is 8.00. The molecule has 0 aliphatic carbocycles. The van der Waals surface area contributed by atoms with Gasteiger partial charge in [0.15, 0.2) is 0 Å². The molecular formula is C16H19N3O2. The van der Waals surface area contributed by atoms with Crippen LogP contribution in [0.1, 0.15) is 42.5 Å². The second-order valence-corrected chi connectivity index (χ2v) is 5.98. The first-order valence-electron chi connectivity index (χ1n) is 6.71. The molecule has 0 spiro atoms. The van der Waals surface area contributed by atoms with Crippen molar-refractivity contribution in [2.45, 2.75) is 33.1 Å². The lowest BCUT2D eigenvalue weighted by Gasteiger charge is -2.20. The number of rotatable bonds is 2. The molecule has 2 N–H and O–H groups in total. The molecular weight excluding hydrogens is 266 g/mol. The van der Waals surface area contributed by atoms with E-state index in [1.807, 2.05) is 6.07 Å². The van der Waals surface area contributed by atoms with E-state index in [1.54, 1.807) is 19.1 Å². The molecule has 5 nitrogen and oxygen atoms in total. The normalized spacial score (nSPS) is 11.2. The van der Waals surface area contributed by atoms with Gasteiger partial charge in [0.2, 0.25) is 0 Å². The molecule has 1 aromatic heterocycles. The summed E-state index contributed by atoms with van der Waals surface area (Å²) in [5.74, 6) is -0.375. The van der Waals surface area contributed by atoms with Crippen LogP contribution in [0, 0.1) is 6.92 Å². The molecule has 1 heterocycles. The summed E-state index contributed by atoms with van der Waals surface area (Å²) in [4.78, 5) is 20.2. The topological polar surface area (TPSA) is 75.1 Å². The van der Waals surface area contributed by atoms with Crippen LogP contribution < -0.4 is 5.32 Å². The Morgan fingerprint density at radius 2 is 1.90 bits per heavy atom. The van der Waals surface area contributed by atoms with E-state index in [9.17, 15) is 9.90 Å². The summed E-state index contributed by atoms with van der Waals surface area (Å²) in [6.07, 6.45) is 2.94. The third-order valence-corrected chi connectivity index (χ3v) is 3.12. The molecule has 0 aliphatic heterocycles. The van der Waals surface area contributed by atoms with Gasteiger partial charge in [-0.05, 0) is 30.0 Å². The monoisotopic (exact) mass is 285 g/mol. The highest BCUT2D eigenvalue weighted by Crippen LogP contribution is 2.30. The van der Waals surface area contributed by atoms with Crippen molar-refractivity contribution in [3.8, 4) is 5.75 Å². The van der Waals surface area contributed by atoms with Gasteiger partial charge >= 0.3 is 0 Å². The zero-order chi connectivity index (χ0) is 15.6. The number of carbonyl (C=O) groups excluding carboxylic acids is 1.